The van der Waals surface area contributed by atoms with Gasteiger partial charge in [-0.05, 0) is 48.6 Å². The number of hydrogen-bond acceptors (Lipinski definition) is 2. The number of amides is 1. The van der Waals surface area contributed by atoms with Crippen LogP contribution in [0, 0.1) is 6.92 Å². The van der Waals surface area contributed by atoms with Crippen molar-refractivity contribution in [3.8, 4) is 0 Å². The Morgan fingerprint density at radius 3 is 2.76 bits per heavy atom. The van der Waals surface area contributed by atoms with E-state index >= 15 is 0 Å². The molecule has 0 spiro atoms. The fourth-order valence-corrected chi connectivity index (χ4v) is 4.40. The summed E-state index contributed by atoms with van der Waals surface area (Å²) in [5.74, 6) is -0.0671. The lowest BCUT2D eigenvalue weighted by Gasteiger charge is -2.38. The average molecular weight is 426 g/mol. The maximum atomic E-state index is 12.0. The highest BCUT2D eigenvalue weighted by molar-refractivity contribution is 9.10. The van der Waals surface area contributed by atoms with Crippen molar-refractivity contribution in [3.63, 3.8) is 0 Å². The van der Waals surface area contributed by atoms with Crippen LogP contribution in [0.1, 0.15) is 34.9 Å². The number of pyridine rings is 1. The average Bonchev–Trinajstić information content (AvgIpc) is 2.57. The molecule has 132 valence electrons. The van der Waals surface area contributed by atoms with E-state index in [1.165, 1.54) is 4.90 Å². The Morgan fingerprint density at radius 1 is 1.32 bits per heavy atom. The number of aromatic nitrogens is 1. The largest absolute Gasteiger partial charge is 0.465 e. The van der Waals surface area contributed by atoms with Crippen LogP contribution in [0.2, 0.25) is 5.02 Å². The van der Waals surface area contributed by atoms with Gasteiger partial charge in [-0.1, -0.05) is 33.6 Å². The number of nitrogens with zero attached hydrogens (tertiary/aromatic N) is 1. The van der Waals surface area contributed by atoms with Crippen LogP contribution in [-0.4, -0.2) is 34.2 Å². The molecule has 1 fully saturated rings. The first-order valence-corrected chi connectivity index (χ1v) is 9.16. The van der Waals surface area contributed by atoms with Gasteiger partial charge in [0.1, 0.15) is 0 Å². The summed E-state index contributed by atoms with van der Waals surface area (Å²) in [5.41, 5.74) is 2.42. The van der Waals surface area contributed by atoms with Gasteiger partial charge in [0.15, 0.2) is 0 Å². The lowest BCUT2D eigenvalue weighted by Crippen LogP contribution is -2.41. The minimum atomic E-state index is -0.931. The molecule has 5 nitrogen and oxygen atoms in total. The zero-order valence-electron chi connectivity index (χ0n) is 13.6. The van der Waals surface area contributed by atoms with Crippen LogP contribution in [-0.2, 0) is 0 Å². The topological polar surface area (TPSA) is 73.4 Å². The lowest BCUT2D eigenvalue weighted by molar-refractivity contribution is 0.125. The number of piperidine rings is 1. The number of halogens is 2. The van der Waals surface area contributed by atoms with Gasteiger partial charge in [0.05, 0.1) is 0 Å². The summed E-state index contributed by atoms with van der Waals surface area (Å²) in [7, 11) is 0. The third-order valence-electron chi connectivity index (χ3n) is 4.90. The minimum Gasteiger partial charge on any atom is -0.465 e. The zero-order valence-corrected chi connectivity index (χ0v) is 16.0. The van der Waals surface area contributed by atoms with Crippen LogP contribution in [0.15, 0.2) is 39.7 Å². The van der Waals surface area contributed by atoms with E-state index in [0.29, 0.717) is 30.1 Å². The predicted molar refractivity (Wildman–Crippen MR) is 101 cm³/mol. The van der Waals surface area contributed by atoms with Crippen LogP contribution < -0.4 is 5.56 Å². The molecule has 2 heterocycles. The Kier molecular flexibility index (Phi) is 5.20. The molecular weight excluding hydrogens is 408 g/mol. The summed E-state index contributed by atoms with van der Waals surface area (Å²) in [6.45, 7) is 2.60. The molecule has 3 rings (SSSR count). The van der Waals surface area contributed by atoms with E-state index < -0.39 is 6.09 Å². The van der Waals surface area contributed by atoms with Crippen molar-refractivity contribution in [3.05, 3.63) is 67.0 Å². The van der Waals surface area contributed by atoms with Crippen LogP contribution in [0.3, 0.4) is 0 Å². The first kappa shape index (κ1) is 18.0. The fourth-order valence-electron chi connectivity index (χ4n) is 3.59. The second kappa shape index (κ2) is 7.22. The first-order valence-electron chi connectivity index (χ1n) is 7.99. The Balaban J connectivity index is 2.07. The summed E-state index contributed by atoms with van der Waals surface area (Å²) in [6, 6.07) is 7.57. The molecular formula is C18H18BrClN2O3. The summed E-state index contributed by atoms with van der Waals surface area (Å²) in [6.07, 6.45) is 1.36. The molecule has 1 aliphatic heterocycles. The van der Waals surface area contributed by atoms with Gasteiger partial charge in [0.25, 0.3) is 5.56 Å². The molecule has 1 amide bonds. The molecule has 0 bridgehead atoms. The van der Waals surface area contributed by atoms with Crippen molar-refractivity contribution in [2.45, 2.75) is 25.2 Å². The molecule has 1 aromatic heterocycles. The number of hydrogen-bond donors (Lipinski definition) is 2. The Bertz CT molecular complexity index is 868. The number of nitrogens with one attached hydrogen (secondary N) is 1. The van der Waals surface area contributed by atoms with E-state index in [-0.39, 0.29) is 17.4 Å². The number of benzene rings is 1. The molecule has 0 aliphatic carbocycles. The highest BCUT2D eigenvalue weighted by Crippen LogP contribution is 2.43. The van der Waals surface area contributed by atoms with Gasteiger partial charge in [-0.15, -0.1) is 0 Å². The van der Waals surface area contributed by atoms with E-state index in [0.717, 1.165) is 15.6 Å². The van der Waals surface area contributed by atoms with Crippen molar-refractivity contribution in [1.29, 1.82) is 0 Å². The second-order valence-electron chi connectivity index (χ2n) is 6.28. The molecule has 1 saturated heterocycles. The summed E-state index contributed by atoms with van der Waals surface area (Å²) < 4.78 is 0.871. The lowest BCUT2D eigenvalue weighted by atomic mass is 9.76. The van der Waals surface area contributed by atoms with Gasteiger partial charge < -0.3 is 15.0 Å². The van der Waals surface area contributed by atoms with Crippen molar-refractivity contribution in [1.82, 2.24) is 9.88 Å². The molecule has 2 aromatic rings. The van der Waals surface area contributed by atoms with E-state index in [1.54, 1.807) is 13.1 Å². The Hall–Kier alpha value is -1.79. The van der Waals surface area contributed by atoms with E-state index in [9.17, 15) is 14.7 Å². The molecule has 0 saturated carbocycles. The minimum absolute atomic E-state index is 0.0385. The maximum Gasteiger partial charge on any atom is 0.407 e. The number of rotatable bonds is 2. The van der Waals surface area contributed by atoms with Gasteiger partial charge in [-0.25, -0.2) is 4.79 Å². The Labute approximate surface area is 158 Å². The normalized spacial score (nSPS) is 20.5. The van der Waals surface area contributed by atoms with E-state index in [2.05, 4.69) is 20.9 Å². The highest BCUT2D eigenvalue weighted by atomic mass is 79.9. The highest BCUT2D eigenvalue weighted by Gasteiger charge is 2.35. The SMILES string of the molecule is Cc1c(C2CCN(C(=O)O)CC2c2ccc(Br)cc2Cl)cc[nH]c1=O. The summed E-state index contributed by atoms with van der Waals surface area (Å²) >= 11 is 9.85. The number of carbonyl (C=O) groups is 1. The van der Waals surface area contributed by atoms with E-state index in [4.69, 9.17) is 11.6 Å². The Morgan fingerprint density at radius 2 is 2.08 bits per heavy atom. The fraction of sp³-hybridized carbons (Fsp3) is 0.333. The van der Waals surface area contributed by atoms with Gasteiger partial charge >= 0.3 is 6.09 Å². The molecule has 25 heavy (non-hydrogen) atoms. The van der Waals surface area contributed by atoms with Crippen LogP contribution in [0.4, 0.5) is 4.79 Å². The molecule has 1 aromatic carbocycles. The number of H-pyrrole nitrogens is 1. The quantitative estimate of drug-likeness (QED) is 0.751. The third kappa shape index (κ3) is 3.60. The molecule has 2 unspecified atom stereocenters. The zero-order chi connectivity index (χ0) is 18.1. The van der Waals surface area contributed by atoms with Crippen LogP contribution >= 0.6 is 27.5 Å². The van der Waals surface area contributed by atoms with Crippen molar-refractivity contribution >= 4 is 33.6 Å². The summed E-state index contributed by atoms with van der Waals surface area (Å²) in [5, 5.41) is 10.00. The summed E-state index contributed by atoms with van der Waals surface area (Å²) in [4.78, 5) is 27.6. The molecule has 7 heteroatoms. The third-order valence-corrected chi connectivity index (χ3v) is 5.72. The van der Waals surface area contributed by atoms with Crippen molar-refractivity contribution in [2.24, 2.45) is 0 Å². The van der Waals surface area contributed by atoms with Gasteiger partial charge in [-0.3, -0.25) is 4.79 Å². The number of aromatic amines is 1. The predicted octanol–water partition coefficient (Wildman–Crippen LogP) is 4.35. The first-order chi connectivity index (χ1) is 11.9. The molecule has 1 aliphatic rings. The van der Waals surface area contributed by atoms with Crippen molar-refractivity contribution in [2.75, 3.05) is 13.1 Å². The number of carboxylic acid groups (broad SMARTS) is 1. The maximum absolute atomic E-state index is 12.0. The molecule has 0 radical (unpaired) electrons. The molecule has 2 atom stereocenters. The van der Waals surface area contributed by atoms with Gasteiger partial charge in [0, 0.05) is 40.3 Å². The number of likely N-dealkylation sites (tertiary alicyclic amines) is 1. The van der Waals surface area contributed by atoms with E-state index in [1.807, 2.05) is 24.3 Å². The monoisotopic (exact) mass is 424 g/mol. The second-order valence-corrected chi connectivity index (χ2v) is 7.61. The smallest absolute Gasteiger partial charge is 0.407 e. The molecule has 2 N–H and O–H groups in total. The van der Waals surface area contributed by atoms with Gasteiger partial charge in [0.2, 0.25) is 0 Å². The van der Waals surface area contributed by atoms with Crippen LogP contribution in [0.5, 0.6) is 0 Å². The van der Waals surface area contributed by atoms with Gasteiger partial charge in [-0.2, -0.15) is 0 Å². The van der Waals surface area contributed by atoms with Crippen LogP contribution in [0.25, 0.3) is 0 Å². The van der Waals surface area contributed by atoms with Crippen molar-refractivity contribution < 1.29 is 9.90 Å². The standard InChI is InChI=1S/C18H18BrClN2O3/c1-10-12(4-6-21-17(10)23)13-5-7-22(18(24)25)9-15(13)14-3-2-11(19)8-16(14)20/h2-4,6,8,13,15H,5,7,9H2,1H3,(H,21,23)(H,24,25).